The third kappa shape index (κ3) is 5.68. The Morgan fingerprint density at radius 2 is 1.92 bits per heavy atom. The topological polar surface area (TPSA) is 97.4 Å². The van der Waals surface area contributed by atoms with Crippen LogP contribution < -0.4 is 10.6 Å². The standard InChI is InChI=1S/C17H24N6O2.HI/c1-5-18-17(20-11-16-12(2)21-22(4)13(16)3)19-10-14-6-8-15(9-7-14)23(24)25;/h6-9H,5,10-11H2,1-4H3,(H2,18,19,20);1H. The number of aromatic nitrogens is 2. The molecule has 2 N–H and O–H groups in total. The van der Waals surface area contributed by atoms with E-state index < -0.39 is 4.92 Å². The van der Waals surface area contributed by atoms with Crippen LogP contribution in [0, 0.1) is 24.0 Å². The summed E-state index contributed by atoms with van der Waals surface area (Å²) in [5, 5.41) is 21.6. The summed E-state index contributed by atoms with van der Waals surface area (Å²) in [6, 6.07) is 6.43. The van der Waals surface area contributed by atoms with Gasteiger partial charge in [-0.2, -0.15) is 5.10 Å². The van der Waals surface area contributed by atoms with Crippen molar-refractivity contribution in [2.75, 3.05) is 6.54 Å². The van der Waals surface area contributed by atoms with Crippen molar-refractivity contribution < 1.29 is 4.92 Å². The second kappa shape index (κ2) is 10.1. The molecule has 1 aromatic heterocycles. The maximum atomic E-state index is 10.7. The lowest BCUT2D eigenvalue weighted by molar-refractivity contribution is -0.384. The zero-order valence-electron chi connectivity index (χ0n) is 15.4. The highest BCUT2D eigenvalue weighted by Gasteiger charge is 2.10. The van der Waals surface area contributed by atoms with Gasteiger partial charge in [-0.15, -0.1) is 24.0 Å². The molecular weight excluding hydrogens is 447 g/mol. The van der Waals surface area contributed by atoms with Gasteiger partial charge in [0.1, 0.15) is 0 Å². The minimum atomic E-state index is -0.406. The molecule has 142 valence electrons. The zero-order chi connectivity index (χ0) is 18.4. The van der Waals surface area contributed by atoms with E-state index in [1.165, 1.54) is 12.1 Å². The lowest BCUT2D eigenvalue weighted by Crippen LogP contribution is -2.37. The Labute approximate surface area is 170 Å². The van der Waals surface area contributed by atoms with E-state index >= 15 is 0 Å². The van der Waals surface area contributed by atoms with Gasteiger partial charge in [0.05, 0.1) is 17.2 Å². The molecule has 1 aromatic carbocycles. The largest absolute Gasteiger partial charge is 0.357 e. The maximum absolute atomic E-state index is 10.7. The zero-order valence-corrected chi connectivity index (χ0v) is 17.8. The molecule has 0 fully saturated rings. The van der Waals surface area contributed by atoms with Crippen LogP contribution in [0.15, 0.2) is 29.3 Å². The maximum Gasteiger partial charge on any atom is 0.269 e. The highest BCUT2D eigenvalue weighted by molar-refractivity contribution is 14.0. The quantitative estimate of drug-likeness (QED) is 0.222. The number of nitro benzene ring substituents is 1. The summed E-state index contributed by atoms with van der Waals surface area (Å²) >= 11 is 0. The fraction of sp³-hybridized carbons (Fsp3) is 0.412. The normalized spacial score (nSPS) is 11.0. The van der Waals surface area contributed by atoms with Crippen molar-refractivity contribution in [2.45, 2.75) is 33.9 Å². The second-order valence-corrected chi connectivity index (χ2v) is 5.75. The van der Waals surface area contributed by atoms with Crippen LogP contribution in [0.25, 0.3) is 0 Å². The summed E-state index contributed by atoms with van der Waals surface area (Å²) in [6.45, 7) is 7.86. The molecular formula is C17H25IN6O2. The van der Waals surface area contributed by atoms with Crippen molar-refractivity contribution in [1.29, 1.82) is 0 Å². The van der Waals surface area contributed by atoms with E-state index in [-0.39, 0.29) is 29.7 Å². The number of nitro groups is 1. The number of hydrogen-bond acceptors (Lipinski definition) is 4. The number of hydrogen-bond donors (Lipinski definition) is 2. The Bertz CT molecular complexity index is 770. The number of halogens is 1. The Balaban J connectivity index is 0.00000338. The number of non-ortho nitro benzene ring substituents is 1. The van der Waals surface area contributed by atoms with E-state index in [0.717, 1.165) is 29.1 Å². The number of rotatable bonds is 6. The molecule has 26 heavy (non-hydrogen) atoms. The van der Waals surface area contributed by atoms with E-state index in [2.05, 4.69) is 20.7 Å². The van der Waals surface area contributed by atoms with Crippen molar-refractivity contribution in [1.82, 2.24) is 20.4 Å². The average molecular weight is 472 g/mol. The van der Waals surface area contributed by atoms with Crippen molar-refractivity contribution in [3.05, 3.63) is 56.9 Å². The summed E-state index contributed by atoms with van der Waals surface area (Å²) < 4.78 is 1.87. The molecule has 0 amide bonds. The van der Waals surface area contributed by atoms with E-state index in [1.54, 1.807) is 12.1 Å². The predicted molar refractivity (Wildman–Crippen MR) is 113 cm³/mol. The lowest BCUT2D eigenvalue weighted by atomic mass is 10.2. The minimum Gasteiger partial charge on any atom is -0.357 e. The Hall–Kier alpha value is -2.17. The molecule has 0 aliphatic carbocycles. The fourth-order valence-corrected chi connectivity index (χ4v) is 2.48. The van der Waals surface area contributed by atoms with Crippen LogP contribution in [-0.4, -0.2) is 27.2 Å². The van der Waals surface area contributed by atoms with Crippen molar-refractivity contribution in [2.24, 2.45) is 12.0 Å². The van der Waals surface area contributed by atoms with Crippen molar-refractivity contribution in [3.8, 4) is 0 Å². The molecule has 0 saturated heterocycles. The molecule has 0 spiro atoms. The number of nitrogens with zero attached hydrogens (tertiary/aromatic N) is 4. The lowest BCUT2D eigenvalue weighted by Gasteiger charge is -2.11. The molecule has 0 aliphatic heterocycles. The first kappa shape index (κ1) is 21.9. The van der Waals surface area contributed by atoms with Crippen LogP contribution in [0.4, 0.5) is 5.69 Å². The van der Waals surface area contributed by atoms with Gasteiger partial charge in [0.2, 0.25) is 0 Å². The highest BCUT2D eigenvalue weighted by Crippen LogP contribution is 2.13. The summed E-state index contributed by atoms with van der Waals surface area (Å²) in [5.41, 5.74) is 4.27. The first-order valence-electron chi connectivity index (χ1n) is 8.17. The molecule has 2 aromatic rings. The Morgan fingerprint density at radius 1 is 1.27 bits per heavy atom. The van der Waals surface area contributed by atoms with E-state index in [4.69, 9.17) is 0 Å². The van der Waals surface area contributed by atoms with Crippen LogP contribution in [-0.2, 0) is 20.1 Å². The highest BCUT2D eigenvalue weighted by atomic mass is 127. The monoisotopic (exact) mass is 472 g/mol. The van der Waals surface area contributed by atoms with Crippen molar-refractivity contribution in [3.63, 3.8) is 0 Å². The number of aliphatic imine (C=N–C) groups is 1. The number of aryl methyl sites for hydroxylation is 2. The van der Waals surface area contributed by atoms with Crippen LogP contribution >= 0.6 is 24.0 Å². The predicted octanol–water partition coefficient (Wildman–Crippen LogP) is 2.82. The van der Waals surface area contributed by atoms with E-state index in [1.807, 2.05) is 32.5 Å². The molecule has 8 nitrogen and oxygen atoms in total. The smallest absolute Gasteiger partial charge is 0.269 e. The summed E-state index contributed by atoms with van der Waals surface area (Å²) in [6.07, 6.45) is 0. The van der Waals surface area contributed by atoms with Crippen LogP contribution in [0.3, 0.4) is 0 Å². The molecule has 0 atom stereocenters. The molecule has 1 heterocycles. The van der Waals surface area contributed by atoms with Crippen LogP contribution in [0.1, 0.15) is 29.4 Å². The molecule has 0 aliphatic rings. The summed E-state index contributed by atoms with van der Waals surface area (Å²) in [7, 11) is 1.93. The molecule has 0 bridgehead atoms. The third-order valence-electron chi connectivity index (χ3n) is 4.00. The molecule has 9 heteroatoms. The van der Waals surface area contributed by atoms with Crippen molar-refractivity contribution >= 4 is 35.6 Å². The SMILES string of the molecule is CCNC(=NCc1ccc([N+](=O)[O-])cc1)NCc1c(C)nn(C)c1C.I. The van der Waals surface area contributed by atoms with Gasteiger partial charge in [0.25, 0.3) is 5.69 Å². The second-order valence-electron chi connectivity index (χ2n) is 5.75. The van der Waals surface area contributed by atoms with Gasteiger partial charge in [0, 0.05) is 43.5 Å². The number of nitrogens with one attached hydrogen (secondary N) is 2. The number of guanidine groups is 1. The van der Waals surface area contributed by atoms with Crippen LogP contribution in [0.2, 0.25) is 0 Å². The average Bonchev–Trinajstić information content (AvgIpc) is 2.83. The van der Waals surface area contributed by atoms with Gasteiger partial charge in [-0.3, -0.25) is 14.8 Å². The molecule has 0 radical (unpaired) electrons. The van der Waals surface area contributed by atoms with Gasteiger partial charge >= 0.3 is 0 Å². The summed E-state index contributed by atoms with van der Waals surface area (Å²) in [5.74, 6) is 0.698. The fourth-order valence-electron chi connectivity index (χ4n) is 2.48. The first-order valence-corrected chi connectivity index (χ1v) is 8.17. The minimum absolute atomic E-state index is 0. The molecule has 2 rings (SSSR count). The third-order valence-corrected chi connectivity index (χ3v) is 4.00. The van der Waals surface area contributed by atoms with Crippen LogP contribution in [0.5, 0.6) is 0 Å². The number of benzene rings is 1. The van der Waals surface area contributed by atoms with E-state index in [9.17, 15) is 10.1 Å². The summed E-state index contributed by atoms with van der Waals surface area (Å²) in [4.78, 5) is 14.8. The van der Waals surface area contributed by atoms with Gasteiger partial charge in [-0.1, -0.05) is 12.1 Å². The van der Waals surface area contributed by atoms with Gasteiger partial charge in [-0.05, 0) is 26.3 Å². The van der Waals surface area contributed by atoms with E-state index in [0.29, 0.717) is 19.0 Å². The Morgan fingerprint density at radius 3 is 2.42 bits per heavy atom. The van der Waals surface area contributed by atoms with Gasteiger partial charge in [-0.25, -0.2) is 4.99 Å². The van der Waals surface area contributed by atoms with Gasteiger partial charge < -0.3 is 10.6 Å². The molecule has 0 unspecified atom stereocenters. The Kier molecular flexibility index (Phi) is 8.49. The van der Waals surface area contributed by atoms with Gasteiger partial charge in [0.15, 0.2) is 5.96 Å². The first-order chi connectivity index (χ1) is 11.9. The molecule has 0 saturated carbocycles.